The van der Waals surface area contributed by atoms with Gasteiger partial charge in [0.1, 0.15) is 0 Å². The Balaban J connectivity index is 0.00000312. The van der Waals surface area contributed by atoms with E-state index in [1.54, 1.807) is 11.8 Å². The van der Waals surface area contributed by atoms with E-state index in [4.69, 9.17) is 6.42 Å². The fraction of sp³-hybridized carbons (Fsp3) is 0.647. The molecule has 0 saturated carbocycles. The zero-order valence-electron chi connectivity index (χ0n) is 15.1. The largest absolute Gasteiger partial charge is 0.367 e. The number of hydrogen-bond acceptors (Lipinski definition) is 4. The summed E-state index contributed by atoms with van der Waals surface area (Å²) in [5.74, 6) is 5.24. The molecular formula is C17H29IN6S. The summed E-state index contributed by atoms with van der Waals surface area (Å²) in [6.07, 6.45) is 11.6. The third-order valence-electron chi connectivity index (χ3n) is 3.85. The fourth-order valence-electron chi connectivity index (χ4n) is 2.77. The molecule has 140 valence electrons. The van der Waals surface area contributed by atoms with Crippen molar-refractivity contribution >= 4 is 47.4 Å². The van der Waals surface area contributed by atoms with E-state index >= 15 is 0 Å². The van der Waals surface area contributed by atoms with Gasteiger partial charge < -0.3 is 15.5 Å². The Morgan fingerprint density at radius 2 is 2.40 bits per heavy atom. The highest BCUT2D eigenvalue weighted by Gasteiger charge is 2.21. The Labute approximate surface area is 172 Å². The number of aryl methyl sites for hydroxylation is 1. The number of anilines is 1. The van der Waals surface area contributed by atoms with Crippen molar-refractivity contribution in [3.05, 3.63) is 12.4 Å². The quantitative estimate of drug-likeness (QED) is 0.207. The average molecular weight is 476 g/mol. The van der Waals surface area contributed by atoms with Crippen LogP contribution in [0.1, 0.15) is 19.8 Å². The van der Waals surface area contributed by atoms with Crippen LogP contribution in [0.4, 0.5) is 5.69 Å². The van der Waals surface area contributed by atoms with Gasteiger partial charge in [-0.1, -0.05) is 5.92 Å². The third-order valence-corrected chi connectivity index (χ3v) is 4.70. The molecule has 2 heterocycles. The Hall–Kier alpha value is -1.08. The summed E-state index contributed by atoms with van der Waals surface area (Å²) in [6.45, 7) is 5.79. The van der Waals surface area contributed by atoms with Crippen LogP contribution in [0.2, 0.25) is 0 Å². The van der Waals surface area contributed by atoms with Gasteiger partial charge in [0.05, 0.1) is 24.2 Å². The van der Waals surface area contributed by atoms with Crippen molar-refractivity contribution in [2.24, 2.45) is 12.0 Å². The number of terminal acetylenes is 1. The standard InChI is InChI=1S/C17H28N6S.HI/c1-4-10-24-11-8-19-17(18-5-2)21-15-7-6-9-23(13-15)16-12-20-22(3)14-16;/h1,12,14-15H,5-11,13H2,2-3H3,(H2,18,19,21);1H. The summed E-state index contributed by atoms with van der Waals surface area (Å²) >= 11 is 1.74. The topological polar surface area (TPSA) is 57.5 Å². The zero-order valence-corrected chi connectivity index (χ0v) is 18.2. The minimum Gasteiger partial charge on any atom is -0.367 e. The molecule has 1 aliphatic heterocycles. The van der Waals surface area contributed by atoms with E-state index in [0.29, 0.717) is 6.04 Å². The highest BCUT2D eigenvalue weighted by atomic mass is 127. The predicted octanol–water partition coefficient (Wildman–Crippen LogP) is 1.93. The molecule has 0 aromatic carbocycles. The van der Waals surface area contributed by atoms with Crippen LogP contribution >= 0.6 is 35.7 Å². The normalized spacial score (nSPS) is 17.6. The number of aromatic nitrogens is 2. The zero-order chi connectivity index (χ0) is 17.2. The molecule has 1 saturated heterocycles. The molecule has 1 unspecified atom stereocenters. The Morgan fingerprint density at radius 3 is 3.08 bits per heavy atom. The van der Waals surface area contributed by atoms with Crippen molar-refractivity contribution in [3.8, 4) is 12.3 Å². The van der Waals surface area contributed by atoms with Gasteiger partial charge in [0.15, 0.2) is 5.96 Å². The second kappa shape index (κ2) is 12.3. The van der Waals surface area contributed by atoms with Gasteiger partial charge in [-0.05, 0) is 19.8 Å². The lowest BCUT2D eigenvalue weighted by Crippen LogP contribution is -2.51. The van der Waals surface area contributed by atoms with Crippen molar-refractivity contribution < 1.29 is 0 Å². The summed E-state index contributed by atoms with van der Waals surface area (Å²) in [7, 11) is 1.96. The van der Waals surface area contributed by atoms with Gasteiger partial charge in [0, 0.05) is 44.7 Å². The molecule has 8 heteroatoms. The van der Waals surface area contributed by atoms with E-state index in [1.165, 1.54) is 12.1 Å². The minimum atomic E-state index is 0. The van der Waals surface area contributed by atoms with Crippen molar-refractivity contribution in [1.82, 2.24) is 20.4 Å². The van der Waals surface area contributed by atoms with Crippen LogP contribution in [0.25, 0.3) is 0 Å². The molecule has 1 aromatic heterocycles. The summed E-state index contributed by atoms with van der Waals surface area (Å²) < 4.78 is 1.85. The monoisotopic (exact) mass is 476 g/mol. The number of halogens is 1. The molecule has 0 radical (unpaired) electrons. The highest BCUT2D eigenvalue weighted by molar-refractivity contribution is 14.0. The van der Waals surface area contributed by atoms with E-state index in [0.717, 1.165) is 50.1 Å². The lowest BCUT2D eigenvalue weighted by molar-refractivity contribution is 0.468. The van der Waals surface area contributed by atoms with Gasteiger partial charge in [-0.15, -0.1) is 42.2 Å². The molecular weight excluding hydrogens is 447 g/mol. The van der Waals surface area contributed by atoms with Crippen LogP contribution < -0.4 is 15.5 Å². The number of aliphatic imine (C=N–C) groups is 1. The maximum absolute atomic E-state index is 5.26. The highest BCUT2D eigenvalue weighted by Crippen LogP contribution is 2.18. The molecule has 1 atom stereocenters. The van der Waals surface area contributed by atoms with E-state index < -0.39 is 0 Å². The predicted molar refractivity (Wildman–Crippen MR) is 119 cm³/mol. The van der Waals surface area contributed by atoms with Crippen LogP contribution in [-0.4, -0.2) is 59.5 Å². The van der Waals surface area contributed by atoms with Crippen molar-refractivity contribution in [2.45, 2.75) is 25.8 Å². The molecule has 0 amide bonds. The molecule has 2 rings (SSSR count). The third kappa shape index (κ3) is 7.77. The maximum Gasteiger partial charge on any atom is 0.191 e. The van der Waals surface area contributed by atoms with Gasteiger partial charge in [-0.2, -0.15) is 5.10 Å². The molecule has 1 aromatic rings. The van der Waals surface area contributed by atoms with Crippen LogP contribution in [0.5, 0.6) is 0 Å². The van der Waals surface area contributed by atoms with Crippen LogP contribution in [0.3, 0.4) is 0 Å². The first-order chi connectivity index (χ1) is 11.7. The number of nitrogens with one attached hydrogen (secondary N) is 2. The summed E-state index contributed by atoms with van der Waals surface area (Å²) in [6, 6.07) is 0.398. The Kier molecular flexibility index (Phi) is 10.8. The number of nitrogens with zero attached hydrogens (tertiary/aromatic N) is 4. The average Bonchev–Trinajstić information content (AvgIpc) is 3.01. The lowest BCUT2D eigenvalue weighted by Gasteiger charge is -2.34. The summed E-state index contributed by atoms with van der Waals surface area (Å²) in [5, 5.41) is 11.2. The number of guanidine groups is 1. The summed E-state index contributed by atoms with van der Waals surface area (Å²) in [4.78, 5) is 7.04. The van der Waals surface area contributed by atoms with E-state index in [9.17, 15) is 0 Å². The smallest absolute Gasteiger partial charge is 0.191 e. The molecule has 6 nitrogen and oxygen atoms in total. The molecule has 1 fully saturated rings. The van der Waals surface area contributed by atoms with Crippen LogP contribution in [-0.2, 0) is 7.05 Å². The van der Waals surface area contributed by atoms with Gasteiger partial charge >= 0.3 is 0 Å². The van der Waals surface area contributed by atoms with E-state index in [-0.39, 0.29) is 24.0 Å². The molecule has 0 bridgehead atoms. The Morgan fingerprint density at radius 1 is 1.56 bits per heavy atom. The maximum atomic E-state index is 5.26. The summed E-state index contributed by atoms with van der Waals surface area (Å²) in [5.41, 5.74) is 1.19. The number of hydrogen-bond donors (Lipinski definition) is 2. The first kappa shape index (κ1) is 22.0. The second-order valence-corrected chi connectivity index (χ2v) is 6.92. The van der Waals surface area contributed by atoms with Crippen molar-refractivity contribution in [2.75, 3.05) is 42.6 Å². The first-order valence-electron chi connectivity index (χ1n) is 8.52. The van der Waals surface area contributed by atoms with Crippen LogP contribution in [0, 0.1) is 12.3 Å². The van der Waals surface area contributed by atoms with Gasteiger partial charge in [-0.25, -0.2) is 0 Å². The Bertz CT molecular complexity index is 568. The van der Waals surface area contributed by atoms with Crippen LogP contribution in [0.15, 0.2) is 17.4 Å². The SMILES string of the molecule is C#CCSCCN=C(NCC)NC1CCCN(c2cnn(C)c2)C1.I. The van der Waals surface area contributed by atoms with E-state index in [2.05, 4.69) is 44.7 Å². The van der Waals surface area contributed by atoms with Gasteiger partial charge in [0.25, 0.3) is 0 Å². The van der Waals surface area contributed by atoms with Crippen molar-refractivity contribution in [1.29, 1.82) is 0 Å². The molecule has 0 aliphatic carbocycles. The fourth-order valence-corrected chi connectivity index (χ4v) is 3.25. The number of rotatable bonds is 7. The van der Waals surface area contributed by atoms with Gasteiger partial charge in [-0.3, -0.25) is 9.67 Å². The molecule has 25 heavy (non-hydrogen) atoms. The minimum absolute atomic E-state index is 0. The first-order valence-corrected chi connectivity index (χ1v) is 9.68. The lowest BCUT2D eigenvalue weighted by atomic mass is 10.1. The molecule has 0 spiro atoms. The number of thioether (sulfide) groups is 1. The van der Waals surface area contributed by atoms with E-state index in [1.807, 2.05) is 17.9 Å². The van der Waals surface area contributed by atoms with Gasteiger partial charge in [0.2, 0.25) is 0 Å². The molecule has 1 aliphatic rings. The second-order valence-electron chi connectivity index (χ2n) is 5.82. The molecule has 2 N–H and O–H groups in total. The number of piperidine rings is 1. The van der Waals surface area contributed by atoms with Crippen molar-refractivity contribution in [3.63, 3.8) is 0 Å².